The van der Waals surface area contributed by atoms with E-state index in [9.17, 15) is 9.59 Å². The maximum absolute atomic E-state index is 12.3. The molecule has 1 aromatic heterocycles. The van der Waals surface area contributed by atoms with Gasteiger partial charge >= 0.3 is 5.97 Å². The highest BCUT2D eigenvalue weighted by Gasteiger charge is 2.18. The Labute approximate surface area is 159 Å². The largest absolute Gasteiger partial charge is 0.481 e. The Morgan fingerprint density at radius 2 is 1.81 bits per heavy atom. The number of carbonyl (C=O) groups is 2. The molecule has 0 bridgehead atoms. The van der Waals surface area contributed by atoms with Crippen LogP contribution in [-0.4, -0.2) is 38.1 Å². The third-order valence-electron chi connectivity index (χ3n) is 3.80. The number of carbonyl (C=O) groups excluding carboxylic acids is 2. The molecule has 2 aromatic rings. The van der Waals surface area contributed by atoms with Crippen LogP contribution in [0.3, 0.4) is 0 Å². The SMILES string of the molecule is COC(=O)c1cc(COCC(C)(C)C)ccc1-c1ccc(OC)nc1C=O. The van der Waals surface area contributed by atoms with Crippen LogP contribution in [0.5, 0.6) is 5.88 Å². The van der Waals surface area contributed by atoms with Gasteiger partial charge in [-0.05, 0) is 28.7 Å². The molecule has 1 aromatic carbocycles. The molecule has 0 N–H and O–H groups in total. The molecule has 0 atom stereocenters. The monoisotopic (exact) mass is 371 g/mol. The van der Waals surface area contributed by atoms with Crippen molar-refractivity contribution < 1.29 is 23.8 Å². The van der Waals surface area contributed by atoms with Crippen LogP contribution in [0.1, 0.15) is 47.2 Å². The summed E-state index contributed by atoms with van der Waals surface area (Å²) in [7, 11) is 2.80. The highest BCUT2D eigenvalue weighted by atomic mass is 16.5. The van der Waals surface area contributed by atoms with Crippen molar-refractivity contribution in [3.63, 3.8) is 0 Å². The number of pyridine rings is 1. The third-order valence-corrected chi connectivity index (χ3v) is 3.80. The second-order valence-corrected chi connectivity index (χ2v) is 7.33. The van der Waals surface area contributed by atoms with Crippen molar-refractivity contribution in [3.8, 4) is 17.0 Å². The van der Waals surface area contributed by atoms with Crippen molar-refractivity contribution in [2.75, 3.05) is 20.8 Å². The predicted octanol–water partition coefficient (Wildman–Crippen LogP) is 3.92. The molecule has 0 radical (unpaired) electrons. The summed E-state index contributed by atoms with van der Waals surface area (Å²) in [6, 6.07) is 8.71. The number of aromatic nitrogens is 1. The van der Waals surface area contributed by atoms with Gasteiger partial charge in [0.2, 0.25) is 5.88 Å². The van der Waals surface area contributed by atoms with Crippen molar-refractivity contribution in [1.29, 1.82) is 0 Å². The van der Waals surface area contributed by atoms with E-state index in [0.717, 1.165) is 5.56 Å². The van der Waals surface area contributed by atoms with Crippen LogP contribution in [0, 0.1) is 5.41 Å². The van der Waals surface area contributed by atoms with Crippen LogP contribution in [0.25, 0.3) is 11.1 Å². The van der Waals surface area contributed by atoms with E-state index in [4.69, 9.17) is 14.2 Å². The maximum atomic E-state index is 12.3. The maximum Gasteiger partial charge on any atom is 0.338 e. The Morgan fingerprint density at radius 3 is 2.41 bits per heavy atom. The molecule has 0 aliphatic carbocycles. The minimum atomic E-state index is -0.490. The number of hydrogen-bond donors (Lipinski definition) is 0. The predicted molar refractivity (Wildman–Crippen MR) is 102 cm³/mol. The first-order valence-corrected chi connectivity index (χ1v) is 8.58. The van der Waals surface area contributed by atoms with Crippen LogP contribution in [0.2, 0.25) is 0 Å². The molecule has 0 aliphatic rings. The molecule has 0 saturated heterocycles. The van der Waals surface area contributed by atoms with Crippen LogP contribution in [0.4, 0.5) is 0 Å². The van der Waals surface area contributed by atoms with E-state index in [1.54, 1.807) is 24.3 Å². The van der Waals surface area contributed by atoms with Crippen molar-refractivity contribution in [2.45, 2.75) is 27.4 Å². The molecular weight excluding hydrogens is 346 g/mol. The fraction of sp³-hybridized carbons (Fsp3) is 0.381. The molecule has 0 fully saturated rings. The Bertz CT molecular complexity index is 824. The average molecular weight is 371 g/mol. The highest BCUT2D eigenvalue weighted by molar-refractivity contribution is 5.99. The number of aldehydes is 1. The lowest BCUT2D eigenvalue weighted by molar-refractivity contribution is 0.0583. The number of rotatable bonds is 7. The summed E-state index contributed by atoms with van der Waals surface area (Å²) in [5, 5.41) is 0. The van der Waals surface area contributed by atoms with Crippen LogP contribution >= 0.6 is 0 Å². The average Bonchev–Trinajstić information content (AvgIpc) is 2.65. The van der Waals surface area contributed by atoms with Gasteiger partial charge < -0.3 is 14.2 Å². The normalized spacial score (nSPS) is 11.1. The highest BCUT2D eigenvalue weighted by Crippen LogP contribution is 2.29. The van der Waals surface area contributed by atoms with Gasteiger partial charge in [0.25, 0.3) is 0 Å². The number of benzene rings is 1. The molecule has 1 heterocycles. The van der Waals surface area contributed by atoms with E-state index in [2.05, 4.69) is 25.8 Å². The molecule has 0 unspecified atom stereocenters. The van der Waals surface area contributed by atoms with E-state index in [1.165, 1.54) is 14.2 Å². The summed E-state index contributed by atoms with van der Waals surface area (Å²) in [5.74, 6) is -0.164. The van der Waals surface area contributed by atoms with Crippen molar-refractivity contribution >= 4 is 12.3 Å². The van der Waals surface area contributed by atoms with E-state index < -0.39 is 5.97 Å². The molecule has 2 rings (SSSR count). The molecule has 6 nitrogen and oxygen atoms in total. The van der Waals surface area contributed by atoms with E-state index in [0.29, 0.717) is 42.1 Å². The zero-order valence-corrected chi connectivity index (χ0v) is 16.4. The molecule has 0 amide bonds. The number of hydrogen-bond acceptors (Lipinski definition) is 6. The van der Waals surface area contributed by atoms with Crippen molar-refractivity contribution in [3.05, 3.63) is 47.2 Å². The van der Waals surface area contributed by atoms with Gasteiger partial charge in [0.05, 0.1) is 33.0 Å². The van der Waals surface area contributed by atoms with Gasteiger partial charge in [0.15, 0.2) is 6.29 Å². The lowest BCUT2D eigenvalue weighted by atomic mass is 9.96. The zero-order valence-electron chi connectivity index (χ0n) is 16.4. The number of esters is 1. The standard InChI is InChI=1S/C21H25NO5/c1-21(2,3)13-27-12-14-6-7-15(17(10-14)20(24)26-5)16-8-9-19(25-4)22-18(16)11-23/h6-11H,12-13H2,1-5H3. The van der Waals surface area contributed by atoms with Gasteiger partial charge in [-0.1, -0.05) is 32.9 Å². The third kappa shape index (κ3) is 5.37. The molecule has 27 heavy (non-hydrogen) atoms. The molecule has 0 aliphatic heterocycles. The molecule has 0 spiro atoms. The fourth-order valence-electron chi connectivity index (χ4n) is 2.56. The number of ether oxygens (including phenoxy) is 3. The zero-order chi connectivity index (χ0) is 20.0. The van der Waals surface area contributed by atoms with E-state index in [-0.39, 0.29) is 11.1 Å². The topological polar surface area (TPSA) is 74.7 Å². The summed E-state index contributed by atoms with van der Waals surface area (Å²) in [6.07, 6.45) is 0.638. The van der Waals surface area contributed by atoms with Crippen LogP contribution in [-0.2, 0) is 16.1 Å². The Morgan fingerprint density at radius 1 is 1.11 bits per heavy atom. The number of nitrogens with zero attached hydrogens (tertiary/aromatic N) is 1. The molecule has 0 saturated carbocycles. The summed E-state index contributed by atoms with van der Waals surface area (Å²) >= 11 is 0. The summed E-state index contributed by atoms with van der Waals surface area (Å²) in [6.45, 7) is 7.25. The van der Waals surface area contributed by atoms with E-state index in [1.807, 2.05) is 6.07 Å². The van der Waals surface area contributed by atoms with Crippen molar-refractivity contribution in [2.24, 2.45) is 5.41 Å². The Balaban J connectivity index is 2.42. The second-order valence-electron chi connectivity index (χ2n) is 7.33. The second kappa shape index (κ2) is 8.77. The van der Waals surface area contributed by atoms with Gasteiger partial charge in [-0.25, -0.2) is 9.78 Å². The molecule has 6 heteroatoms. The summed E-state index contributed by atoms with van der Waals surface area (Å²) in [5.41, 5.74) is 2.55. The summed E-state index contributed by atoms with van der Waals surface area (Å²) < 4.78 is 15.7. The first kappa shape index (κ1) is 20.6. The van der Waals surface area contributed by atoms with Gasteiger partial charge in [-0.3, -0.25) is 4.79 Å². The lowest BCUT2D eigenvalue weighted by Crippen LogP contribution is -2.14. The first-order valence-electron chi connectivity index (χ1n) is 8.58. The quantitative estimate of drug-likeness (QED) is 0.542. The Hall–Kier alpha value is -2.73. The Kier molecular flexibility index (Phi) is 6.69. The first-order chi connectivity index (χ1) is 12.8. The minimum absolute atomic E-state index is 0.0543. The van der Waals surface area contributed by atoms with Gasteiger partial charge in [-0.2, -0.15) is 0 Å². The van der Waals surface area contributed by atoms with E-state index >= 15 is 0 Å². The van der Waals surface area contributed by atoms with Gasteiger partial charge in [0.1, 0.15) is 5.69 Å². The van der Waals surface area contributed by atoms with Crippen LogP contribution < -0.4 is 4.74 Å². The molecular formula is C21H25NO5. The van der Waals surface area contributed by atoms with Gasteiger partial charge in [-0.15, -0.1) is 0 Å². The van der Waals surface area contributed by atoms with Gasteiger partial charge in [0, 0.05) is 11.6 Å². The molecule has 144 valence electrons. The smallest absolute Gasteiger partial charge is 0.338 e. The lowest BCUT2D eigenvalue weighted by Gasteiger charge is -2.18. The summed E-state index contributed by atoms with van der Waals surface area (Å²) in [4.78, 5) is 27.9. The van der Waals surface area contributed by atoms with Crippen LogP contribution in [0.15, 0.2) is 30.3 Å². The van der Waals surface area contributed by atoms with Crippen molar-refractivity contribution in [1.82, 2.24) is 4.98 Å². The fourth-order valence-corrected chi connectivity index (χ4v) is 2.56. The number of methoxy groups -OCH3 is 2. The minimum Gasteiger partial charge on any atom is -0.481 e.